The van der Waals surface area contributed by atoms with Crippen molar-refractivity contribution in [3.8, 4) is 0 Å². The topological polar surface area (TPSA) is 55.3 Å². The molecule has 0 spiro atoms. The molecule has 0 aliphatic carbocycles. The Morgan fingerprint density at radius 3 is 2.59 bits per heavy atom. The summed E-state index contributed by atoms with van der Waals surface area (Å²) in [6, 6.07) is 18.8. The summed E-state index contributed by atoms with van der Waals surface area (Å²) in [5.74, 6) is 0.907. The summed E-state index contributed by atoms with van der Waals surface area (Å²) in [5.41, 5.74) is 15.9. The second-order valence-electron chi connectivity index (χ2n) is 6.37. The van der Waals surface area contributed by atoms with E-state index in [0.717, 1.165) is 25.2 Å². The van der Waals surface area contributed by atoms with Gasteiger partial charge in [0.25, 0.3) is 0 Å². The first-order valence-corrected chi connectivity index (χ1v) is 8.04. The molecule has 116 valence electrons. The summed E-state index contributed by atoms with van der Waals surface area (Å²) in [6.45, 7) is 4.21. The van der Waals surface area contributed by atoms with Gasteiger partial charge in [0.1, 0.15) is 0 Å². The minimum absolute atomic E-state index is 0.0837. The first-order valence-electron chi connectivity index (χ1n) is 8.04. The molecule has 1 heterocycles. The lowest BCUT2D eigenvalue weighted by molar-refractivity contribution is 0.0812. The highest BCUT2D eigenvalue weighted by Crippen LogP contribution is 2.36. The lowest BCUT2D eigenvalue weighted by Gasteiger charge is -2.42. The van der Waals surface area contributed by atoms with Gasteiger partial charge in [-0.25, -0.2) is 0 Å². The van der Waals surface area contributed by atoms with E-state index in [1.807, 2.05) is 12.1 Å². The maximum absolute atomic E-state index is 6.53. The Kier molecular flexibility index (Phi) is 4.46. The predicted octanol–water partition coefficient (Wildman–Crippen LogP) is 3.18. The van der Waals surface area contributed by atoms with Gasteiger partial charge in [0, 0.05) is 18.8 Å². The van der Waals surface area contributed by atoms with Gasteiger partial charge in [-0.3, -0.25) is 4.90 Å². The number of rotatable bonds is 3. The van der Waals surface area contributed by atoms with E-state index in [1.165, 1.54) is 11.1 Å². The van der Waals surface area contributed by atoms with Crippen LogP contribution >= 0.6 is 0 Å². The van der Waals surface area contributed by atoms with Gasteiger partial charge in [-0.1, -0.05) is 49.4 Å². The van der Waals surface area contributed by atoms with Crippen LogP contribution < -0.4 is 11.5 Å². The average molecular weight is 295 g/mol. The number of piperidine rings is 1. The van der Waals surface area contributed by atoms with Crippen LogP contribution in [0.25, 0.3) is 0 Å². The van der Waals surface area contributed by atoms with Crippen LogP contribution in [-0.2, 0) is 6.54 Å². The Bertz CT molecular complexity index is 611. The van der Waals surface area contributed by atoms with Crippen LogP contribution in [0.3, 0.4) is 0 Å². The van der Waals surface area contributed by atoms with Gasteiger partial charge in [0.2, 0.25) is 0 Å². The molecule has 0 radical (unpaired) electrons. The molecule has 0 saturated carbocycles. The van der Waals surface area contributed by atoms with Gasteiger partial charge in [0.05, 0.1) is 6.17 Å². The van der Waals surface area contributed by atoms with E-state index in [1.54, 1.807) is 0 Å². The molecule has 22 heavy (non-hydrogen) atoms. The minimum atomic E-state index is 0.0837. The first-order chi connectivity index (χ1) is 10.6. The van der Waals surface area contributed by atoms with E-state index in [-0.39, 0.29) is 6.17 Å². The maximum atomic E-state index is 6.53. The molecule has 4 N–H and O–H groups in total. The van der Waals surface area contributed by atoms with Gasteiger partial charge < -0.3 is 11.5 Å². The van der Waals surface area contributed by atoms with Gasteiger partial charge in [-0.15, -0.1) is 0 Å². The molecule has 1 fully saturated rings. The van der Waals surface area contributed by atoms with E-state index in [0.29, 0.717) is 11.8 Å². The molecule has 3 nitrogen and oxygen atoms in total. The Morgan fingerprint density at radius 2 is 1.86 bits per heavy atom. The number of benzene rings is 2. The van der Waals surface area contributed by atoms with Crippen LogP contribution in [0.15, 0.2) is 54.6 Å². The number of nitrogens with zero attached hydrogens (tertiary/aromatic N) is 1. The number of hydrogen-bond acceptors (Lipinski definition) is 3. The van der Waals surface area contributed by atoms with Crippen molar-refractivity contribution in [3.63, 3.8) is 0 Å². The molecule has 1 unspecified atom stereocenters. The lowest BCUT2D eigenvalue weighted by atomic mass is 9.79. The molecule has 3 atom stereocenters. The summed E-state index contributed by atoms with van der Waals surface area (Å²) in [6.07, 6.45) is 1.21. The Labute approximate surface area is 132 Å². The molecule has 1 saturated heterocycles. The van der Waals surface area contributed by atoms with Crippen molar-refractivity contribution in [1.82, 2.24) is 4.90 Å². The summed E-state index contributed by atoms with van der Waals surface area (Å²) >= 11 is 0. The summed E-state index contributed by atoms with van der Waals surface area (Å²) in [4.78, 5) is 2.39. The third kappa shape index (κ3) is 3.16. The highest BCUT2D eigenvalue weighted by molar-refractivity contribution is 5.42. The van der Waals surface area contributed by atoms with E-state index < -0.39 is 0 Å². The standard InChI is InChI=1S/C19H25N3/c1-14-18(16-8-5-9-17(20)12-16)10-11-22(19(14)21)13-15-6-3-2-4-7-15/h2-9,12,14,18-19H,10-11,13,20-21H2,1H3/t14-,18?,19+/m1/s1. The fourth-order valence-electron chi connectivity index (χ4n) is 3.55. The van der Waals surface area contributed by atoms with Crippen LogP contribution in [0.2, 0.25) is 0 Å². The summed E-state index contributed by atoms with van der Waals surface area (Å²) in [7, 11) is 0. The quantitative estimate of drug-likeness (QED) is 0.855. The zero-order valence-electron chi connectivity index (χ0n) is 13.2. The largest absolute Gasteiger partial charge is 0.399 e. The van der Waals surface area contributed by atoms with Crippen molar-refractivity contribution in [2.24, 2.45) is 11.7 Å². The van der Waals surface area contributed by atoms with Crippen molar-refractivity contribution in [2.75, 3.05) is 12.3 Å². The van der Waals surface area contributed by atoms with Gasteiger partial charge in [0.15, 0.2) is 0 Å². The molecule has 2 aromatic carbocycles. The van der Waals surface area contributed by atoms with E-state index in [9.17, 15) is 0 Å². The zero-order valence-corrected chi connectivity index (χ0v) is 13.2. The van der Waals surface area contributed by atoms with E-state index in [2.05, 4.69) is 54.3 Å². The molecular formula is C19H25N3. The van der Waals surface area contributed by atoms with Crippen LogP contribution in [0.1, 0.15) is 30.4 Å². The van der Waals surface area contributed by atoms with Crippen molar-refractivity contribution < 1.29 is 0 Å². The second kappa shape index (κ2) is 6.51. The fraction of sp³-hybridized carbons (Fsp3) is 0.368. The number of anilines is 1. The van der Waals surface area contributed by atoms with Crippen molar-refractivity contribution >= 4 is 5.69 Å². The molecule has 3 rings (SSSR count). The minimum Gasteiger partial charge on any atom is -0.399 e. The van der Waals surface area contributed by atoms with Gasteiger partial charge >= 0.3 is 0 Å². The highest BCUT2D eigenvalue weighted by Gasteiger charge is 2.33. The molecule has 1 aliphatic rings. The van der Waals surface area contributed by atoms with Crippen LogP contribution in [-0.4, -0.2) is 17.6 Å². The third-order valence-corrected chi connectivity index (χ3v) is 4.89. The summed E-state index contributed by atoms with van der Waals surface area (Å²) < 4.78 is 0. The van der Waals surface area contributed by atoms with Gasteiger partial charge in [-0.2, -0.15) is 0 Å². The Morgan fingerprint density at radius 1 is 1.09 bits per heavy atom. The molecule has 0 amide bonds. The van der Waals surface area contributed by atoms with Crippen LogP contribution in [0.4, 0.5) is 5.69 Å². The number of likely N-dealkylation sites (tertiary alicyclic amines) is 1. The number of nitrogen functional groups attached to an aromatic ring is 1. The summed E-state index contributed by atoms with van der Waals surface area (Å²) in [5, 5.41) is 0. The van der Waals surface area contributed by atoms with Gasteiger partial charge in [-0.05, 0) is 41.5 Å². The molecular weight excluding hydrogens is 270 g/mol. The number of nitrogens with two attached hydrogens (primary N) is 2. The Balaban J connectivity index is 1.72. The predicted molar refractivity (Wildman–Crippen MR) is 92.2 cm³/mol. The monoisotopic (exact) mass is 295 g/mol. The maximum Gasteiger partial charge on any atom is 0.0607 e. The smallest absolute Gasteiger partial charge is 0.0607 e. The fourth-order valence-corrected chi connectivity index (χ4v) is 3.55. The normalized spacial score (nSPS) is 26.0. The number of hydrogen-bond donors (Lipinski definition) is 2. The van der Waals surface area contributed by atoms with Crippen molar-refractivity contribution in [2.45, 2.75) is 32.0 Å². The molecule has 1 aliphatic heterocycles. The van der Waals surface area contributed by atoms with E-state index >= 15 is 0 Å². The molecule has 2 aromatic rings. The first kappa shape index (κ1) is 15.1. The molecule has 0 aromatic heterocycles. The lowest BCUT2D eigenvalue weighted by Crippen LogP contribution is -2.52. The molecule has 3 heteroatoms. The zero-order chi connectivity index (χ0) is 15.5. The highest BCUT2D eigenvalue weighted by atomic mass is 15.2. The second-order valence-corrected chi connectivity index (χ2v) is 6.37. The third-order valence-electron chi connectivity index (χ3n) is 4.89. The molecule has 0 bridgehead atoms. The average Bonchev–Trinajstić information content (AvgIpc) is 2.53. The van der Waals surface area contributed by atoms with Crippen LogP contribution in [0.5, 0.6) is 0 Å². The SMILES string of the molecule is C[C@@H]1C(c2cccc(N)c2)CCN(Cc2ccccc2)[C@@H]1N. The van der Waals surface area contributed by atoms with Crippen LogP contribution in [0, 0.1) is 5.92 Å². The van der Waals surface area contributed by atoms with Crippen molar-refractivity contribution in [1.29, 1.82) is 0 Å². The van der Waals surface area contributed by atoms with E-state index in [4.69, 9.17) is 11.5 Å². The van der Waals surface area contributed by atoms with Crippen molar-refractivity contribution in [3.05, 3.63) is 65.7 Å². The Hall–Kier alpha value is -1.84.